The number of hydrogen-bond donors (Lipinski definition) is 0. The van der Waals surface area contributed by atoms with E-state index >= 15 is 0 Å². The standard InChI is InChI=1S/C13H29N/c1-12(2)11-14(6)10-8-7-9-13(3,4)5/h12H,7-11H2,1-6H3. The molecule has 0 N–H and O–H groups in total. The van der Waals surface area contributed by atoms with Crippen LogP contribution in [0.15, 0.2) is 0 Å². The van der Waals surface area contributed by atoms with Crippen LogP contribution in [0.4, 0.5) is 0 Å². The highest BCUT2D eigenvalue weighted by Crippen LogP contribution is 2.21. The van der Waals surface area contributed by atoms with Crippen LogP contribution in [0, 0.1) is 11.3 Å². The molecule has 0 rings (SSSR count). The molecule has 0 atom stereocenters. The predicted molar refractivity (Wildman–Crippen MR) is 65.6 cm³/mol. The molecule has 0 fully saturated rings. The van der Waals surface area contributed by atoms with Crippen LogP contribution < -0.4 is 0 Å². The zero-order chi connectivity index (χ0) is 11.2. The molecule has 0 aromatic heterocycles. The zero-order valence-electron chi connectivity index (χ0n) is 11.1. The van der Waals surface area contributed by atoms with Crippen molar-refractivity contribution >= 4 is 0 Å². The molecule has 0 saturated heterocycles. The van der Waals surface area contributed by atoms with Crippen molar-refractivity contribution in [3.63, 3.8) is 0 Å². The van der Waals surface area contributed by atoms with E-state index in [1.807, 2.05) is 0 Å². The number of hydrogen-bond acceptors (Lipinski definition) is 1. The Kier molecular flexibility index (Phi) is 6.43. The van der Waals surface area contributed by atoms with Gasteiger partial charge in [-0.15, -0.1) is 0 Å². The molecule has 0 aromatic carbocycles. The van der Waals surface area contributed by atoms with Crippen molar-refractivity contribution in [3.8, 4) is 0 Å². The monoisotopic (exact) mass is 199 g/mol. The van der Waals surface area contributed by atoms with Crippen LogP contribution in [-0.4, -0.2) is 25.0 Å². The molecule has 0 amide bonds. The van der Waals surface area contributed by atoms with Gasteiger partial charge in [-0.1, -0.05) is 41.0 Å². The molecule has 0 aliphatic heterocycles. The Balaban J connectivity index is 3.36. The summed E-state index contributed by atoms with van der Waals surface area (Å²) in [5.41, 5.74) is 0.511. The second-order valence-corrected chi connectivity index (χ2v) is 6.17. The third-order valence-electron chi connectivity index (χ3n) is 2.39. The Bertz CT molecular complexity index is 133. The SMILES string of the molecule is CC(C)CN(C)CCCCC(C)(C)C. The molecule has 0 radical (unpaired) electrons. The van der Waals surface area contributed by atoms with E-state index in [-0.39, 0.29) is 0 Å². The highest BCUT2D eigenvalue weighted by atomic mass is 15.1. The molecule has 0 aromatic rings. The predicted octanol–water partition coefficient (Wildman–Crippen LogP) is 3.79. The normalized spacial score (nSPS) is 12.9. The van der Waals surface area contributed by atoms with E-state index in [0.717, 1.165) is 5.92 Å². The van der Waals surface area contributed by atoms with Gasteiger partial charge in [-0.05, 0) is 37.8 Å². The van der Waals surface area contributed by atoms with Gasteiger partial charge in [0.15, 0.2) is 0 Å². The van der Waals surface area contributed by atoms with Crippen LogP contribution in [0.1, 0.15) is 53.9 Å². The summed E-state index contributed by atoms with van der Waals surface area (Å²) in [5, 5.41) is 0. The van der Waals surface area contributed by atoms with Crippen molar-refractivity contribution < 1.29 is 0 Å². The van der Waals surface area contributed by atoms with Crippen molar-refractivity contribution in [1.82, 2.24) is 4.90 Å². The lowest BCUT2D eigenvalue weighted by Gasteiger charge is -2.21. The second-order valence-electron chi connectivity index (χ2n) is 6.17. The lowest BCUT2D eigenvalue weighted by atomic mass is 9.90. The smallest absolute Gasteiger partial charge is 0.000133 e. The largest absolute Gasteiger partial charge is 0.306 e. The van der Waals surface area contributed by atoms with Crippen LogP contribution in [0.25, 0.3) is 0 Å². The maximum Gasteiger partial charge on any atom is 0.000133 e. The van der Waals surface area contributed by atoms with Crippen LogP contribution in [0.2, 0.25) is 0 Å². The minimum atomic E-state index is 0.511. The van der Waals surface area contributed by atoms with Gasteiger partial charge >= 0.3 is 0 Å². The van der Waals surface area contributed by atoms with E-state index in [1.54, 1.807) is 0 Å². The number of rotatable bonds is 6. The van der Waals surface area contributed by atoms with E-state index in [0.29, 0.717) is 5.41 Å². The van der Waals surface area contributed by atoms with Crippen molar-refractivity contribution in [2.45, 2.75) is 53.9 Å². The van der Waals surface area contributed by atoms with E-state index in [2.05, 4.69) is 46.6 Å². The van der Waals surface area contributed by atoms with E-state index < -0.39 is 0 Å². The molecular weight excluding hydrogens is 170 g/mol. The Hall–Kier alpha value is -0.0400. The molecule has 0 aliphatic rings. The van der Waals surface area contributed by atoms with Gasteiger partial charge in [-0.25, -0.2) is 0 Å². The Labute approximate surface area is 90.9 Å². The van der Waals surface area contributed by atoms with Gasteiger partial charge in [-0.2, -0.15) is 0 Å². The lowest BCUT2D eigenvalue weighted by Crippen LogP contribution is -2.24. The highest BCUT2D eigenvalue weighted by molar-refractivity contribution is 4.62. The molecule has 0 unspecified atom stereocenters. The minimum absolute atomic E-state index is 0.511. The first-order chi connectivity index (χ1) is 6.31. The molecule has 86 valence electrons. The summed E-state index contributed by atoms with van der Waals surface area (Å²) in [5.74, 6) is 0.794. The molecule has 0 bridgehead atoms. The summed E-state index contributed by atoms with van der Waals surface area (Å²) in [6.07, 6.45) is 4.06. The van der Waals surface area contributed by atoms with Crippen molar-refractivity contribution in [1.29, 1.82) is 0 Å². The van der Waals surface area contributed by atoms with Gasteiger partial charge in [0.2, 0.25) is 0 Å². The molecule has 1 heteroatoms. The third-order valence-corrected chi connectivity index (χ3v) is 2.39. The van der Waals surface area contributed by atoms with Gasteiger partial charge in [0.1, 0.15) is 0 Å². The first-order valence-electron chi connectivity index (χ1n) is 6.00. The maximum absolute atomic E-state index is 2.45. The maximum atomic E-state index is 2.45. The number of unbranched alkanes of at least 4 members (excludes halogenated alkanes) is 1. The van der Waals surface area contributed by atoms with Gasteiger partial charge in [0.25, 0.3) is 0 Å². The topological polar surface area (TPSA) is 3.24 Å². The first kappa shape index (κ1) is 14.0. The minimum Gasteiger partial charge on any atom is -0.306 e. The third kappa shape index (κ3) is 10.0. The van der Waals surface area contributed by atoms with Gasteiger partial charge in [-0.3, -0.25) is 0 Å². The summed E-state index contributed by atoms with van der Waals surface area (Å²) in [4.78, 5) is 2.45. The quantitative estimate of drug-likeness (QED) is 0.588. The van der Waals surface area contributed by atoms with Gasteiger partial charge in [0.05, 0.1) is 0 Å². The molecular formula is C13H29N. The van der Waals surface area contributed by atoms with E-state index in [4.69, 9.17) is 0 Å². The Morgan fingerprint density at radius 1 is 1.07 bits per heavy atom. The Morgan fingerprint density at radius 2 is 1.64 bits per heavy atom. The fraction of sp³-hybridized carbons (Fsp3) is 1.00. The highest BCUT2D eigenvalue weighted by Gasteiger charge is 2.09. The van der Waals surface area contributed by atoms with Crippen molar-refractivity contribution in [2.75, 3.05) is 20.1 Å². The summed E-state index contributed by atoms with van der Waals surface area (Å²) in [7, 11) is 2.23. The Morgan fingerprint density at radius 3 is 2.07 bits per heavy atom. The zero-order valence-corrected chi connectivity index (χ0v) is 11.1. The van der Waals surface area contributed by atoms with Crippen molar-refractivity contribution in [3.05, 3.63) is 0 Å². The van der Waals surface area contributed by atoms with Crippen LogP contribution >= 0.6 is 0 Å². The second kappa shape index (κ2) is 6.44. The summed E-state index contributed by atoms with van der Waals surface area (Å²) >= 11 is 0. The summed E-state index contributed by atoms with van der Waals surface area (Å²) in [6.45, 7) is 14.0. The first-order valence-corrected chi connectivity index (χ1v) is 6.00. The van der Waals surface area contributed by atoms with E-state index in [1.165, 1.54) is 32.4 Å². The average molecular weight is 199 g/mol. The van der Waals surface area contributed by atoms with Crippen LogP contribution in [-0.2, 0) is 0 Å². The van der Waals surface area contributed by atoms with Crippen molar-refractivity contribution in [2.24, 2.45) is 11.3 Å². The molecule has 0 spiro atoms. The molecule has 14 heavy (non-hydrogen) atoms. The molecule has 0 aliphatic carbocycles. The molecule has 0 heterocycles. The summed E-state index contributed by atoms with van der Waals surface area (Å²) in [6, 6.07) is 0. The number of nitrogens with zero attached hydrogens (tertiary/aromatic N) is 1. The molecule has 0 saturated carbocycles. The van der Waals surface area contributed by atoms with Gasteiger partial charge in [0, 0.05) is 6.54 Å². The fourth-order valence-corrected chi connectivity index (χ4v) is 1.75. The van der Waals surface area contributed by atoms with Crippen LogP contribution in [0.3, 0.4) is 0 Å². The van der Waals surface area contributed by atoms with Gasteiger partial charge < -0.3 is 4.90 Å². The van der Waals surface area contributed by atoms with E-state index in [9.17, 15) is 0 Å². The molecule has 1 nitrogen and oxygen atoms in total. The lowest BCUT2D eigenvalue weighted by molar-refractivity contribution is 0.277. The fourth-order valence-electron chi connectivity index (χ4n) is 1.75. The van der Waals surface area contributed by atoms with Crippen LogP contribution in [0.5, 0.6) is 0 Å². The average Bonchev–Trinajstić information content (AvgIpc) is 1.95. The summed E-state index contributed by atoms with van der Waals surface area (Å²) < 4.78 is 0.